The molecular weight excluding hydrogens is 292 g/mol. The van der Waals surface area contributed by atoms with Crippen LogP contribution in [0.3, 0.4) is 0 Å². The van der Waals surface area contributed by atoms with Crippen molar-refractivity contribution in [2.45, 2.75) is 31.7 Å². The average Bonchev–Trinajstić information content (AvgIpc) is 3.05. The SMILES string of the molecule is COc1ccc(-n2cc(C(=O)NC3(C)CC=CCC3)nn2)cc1. The summed E-state index contributed by atoms with van der Waals surface area (Å²) in [6.45, 7) is 2.06. The molecule has 120 valence electrons. The third-order valence-electron chi connectivity index (χ3n) is 4.08. The number of methoxy groups -OCH3 is 1. The van der Waals surface area contributed by atoms with Gasteiger partial charge in [0.05, 0.1) is 19.0 Å². The first-order valence-corrected chi connectivity index (χ1v) is 7.64. The Bertz CT molecular complexity index is 720. The second-order valence-electron chi connectivity index (χ2n) is 5.98. The number of aromatic nitrogens is 3. The molecule has 1 aliphatic rings. The van der Waals surface area contributed by atoms with Crippen molar-refractivity contribution in [3.63, 3.8) is 0 Å². The molecule has 1 aliphatic carbocycles. The van der Waals surface area contributed by atoms with Gasteiger partial charge in [0.25, 0.3) is 5.91 Å². The van der Waals surface area contributed by atoms with Crippen molar-refractivity contribution in [1.29, 1.82) is 0 Å². The van der Waals surface area contributed by atoms with E-state index in [1.54, 1.807) is 18.0 Å². The molecule has 1 atom stereocenters. The van der Waals surface area contributed by atoms with Gasteiger partial charge in [0, 0.05) is 5.54 Å². The third kappa shape index (κ3) is 3.41. The molecule has 3 rings (SSSR count). The molecule has 1 amide bonds. The number of carbonyl (C=O) groups is 1. The van der Waals surface area contributed by atoms with Gasteiger partial charge in [-0.25, -0.2) is 4.68 Å². The topological polar surface area (TPSA) is 69.0 Å². The van der Waals surface area contributed by atoms with Gasteiger partial charge in [-0.15, -0.1) is 5.10 Å². The van der Waals surface area contributed by atoms with Crippen molar-refractivity contribution < 1.29 is 9.53 Å². The minimum Gasteiger partial charge on any atom is -0.497 e. The first kappa shape index (κ1) is 15.3. The van der Waals surface area contributed by atoms with E-state index in [-0.39, 0.29) is 11.4 Å². The fraction of sp³-hybridized carbons (Fsp3) is 0.353. The fourth-order valence-corrected chi connectivity index (χ4v) is 2.65. The predicted molar refractivity (Wildman–Crippen MR) is 86.8 cm³/mol. The van der Waals surface area contributed by atoms with Crippen LogP contribution in [0.5, 0.6) is 5.75 Å². The van der Waals surface area contributed by atoms with Crippen molar-refractivity contribution in [1.82, 2.24) is 20.3 Å². The van der Waals surface area contributed by atoms with E-state index in [1.165, 1.54) is 0 Å². The summed E-state index contributed by atoms with van der Waals surface area (Å²) in [7, 11) is 1.62. The van der Waals surface area contributed by atoms with Gasteiger partial charge in [-0.1, -0.05) is 17.4 Å². The first-order chi connectivity index (χ1) is 11.1. The lowest BCUT2D eigenvalue weighted by Gasteiger charge is -2.31. The van der Waals surface area contributed by atoms with Crippen LogP contribution >= 0.6 is 0 Å². The minimum absolute atomic E-state index is 0.192. The Morgan fingerprint density at radius 3 is 2.74 bits per heavy atom. The van der Waals surface area contributed by atoms with E-state index in [9.17, 15) is 4.79 Å². The predicted octanol–water partition coefficient (Wildman–Crippen LogP) is 2.50. The lowest BCUT2D eigenvalue weighted by molar-refractivity contribution is 0.0895. The Labute approximate surface area is 135 Å². The van der Waals surface area contributed by atoms with Gasteiger partial charge in [0.1, 0.15) is 5.75 Å². The minimum atomic E-state index is -0.213. The molecule has 0 aliphatic heterocycles. The molecule has 0 spiro atoms. The number of hydrogen-bond acceptors (Lipinski definition) is 4. The Hall–Kier alpha value is -2.63. The largest absolute Gasteiger partial charge is 0.497 e. The van der Waals surface area contributed by atoms with E-state index in [1.807, 2.05) is 24.3 Å². The number of nitrogens with one attached hydrogen (secondary N) is 1. The number of ether oxygens (including phenoxy) is 1. The maximum absolute atomic E-state index is 12.4. The maximum Gasteiger partial charge on any atom is 0.273 e. The highest BCUT2D eigenvalue weighted by Gasteiger charge is 2.27. The number of nitrogens with zero attached hydrogens (tertiary/aromatic N) is 3. The summed E-state index contributed by atoms with van der Waals surface area (Å²) in [6.07, 6.45) is 8.65. The summed E-state index contributed by atoms with van der Waals surface area (Å²) in [6, 6.07) is 7.41. The second-order valence-corrected chi connectivity index (χ2v) is 5.98. The molecule has 1 aromatic heterocycles. The van der Waals surface area contributed by atoms with Gasteiger partial charge in [-0.2, -0.15) is 0 Å². The molecule has 6 heteroatoms. The van der Waals surface area contributed by atoms with Gasteiger partial charge in [-0.05, 0) is 50.5 Å². The van der Waals surface area contributed by atoms with E-state index >= 15 is 0 Å². The van der Waals surface area contributed by atoms with Crippen molar-refractivity contribution in [2.24, 2.45) is 0 Å². The standard InChI is InChI=1S/C17H20N4O2/c1-17(10-4-3-5-11-17)18-16(22)15-12-21(20-19-15)13-6-8-14(23-2)9-7-13/h3-4,6-9,12H,5,10-11H2,1-2H3,(H,18,22). The van der Waals surface area contributed by atoms with Crippen LogP contribution < -0.4 is 10.1 Å². The van der Waals surface area contributed by atoms with E-state index in [2.05, 4.69) is 34.7 Å². The van der Waals surface area contributed by atoms with Crippen LogP contribution in [0.4, 0.5) is 0 Å². The average molecular weight is 312 g/mol. The molecule has 0 saturated carbocycles. The number of rotatable bonds is 4. The van der Waals surface area contributed by atoms with Gasteiger partial charge in [0.15, 0.2) is 5.69 Å². The number of carbonyl (C=O) groups excluding carboxylic acids is 1. The van der Waals surface area contributed by atoms with Crippen molar-refractivity contribution in [3.8, 4) is 11.4 Å². The molecule has 1 N–H and O–H groups in total. The van der Waals surface area contributed by atoms with Gasteiger partial charge in [-0.3, -0.25) is 4.79 Å². The summed E-state index contributed by atoms with van der Waals surface area (Å²) >= 11 is 0. The highest BCUT2D eigenvalue weighted by Crippen LogP contribution is 2.23. The number of amides is 1. The normalized spacial score (nSPS) is 20.3. The zero-order chi connectivity index (χ0) is 16.3. The third-order valence-corrected chi connectivity index (χ3v) is 4.08. The summed E-state index contributed by atoms with van der Waals surface area (Å²) in [5.41, 5.74) is 0.927. The van der Waals surface area contributed by atoms with Crippen LogP contribution in [0.25, 0.3) is 5.69 Å². The Balaban J connectivity index is 1.73. The second kappa shape index (κ2) is 6.24. The van der Waals surface area contributed by atoms with Crippen LogP contribution in [-0.4, -0.2) is 33.5 Å². The molecule has 1 aromatic carbocycles. The van der Waals surface area contributed by atoms with Crippen molar-refractivity contribution in [2.75, 3.05) is 7.11 Å². The monoisotopic (exact) mass is 312 g/mol. The van der Waals surface area contributed by atoms with Crippen LogP contribution in [0.15, 0.2) is 42.6 Å². The van der Waals surface area contributed by atoms with E-state index < -0.39 is 0 Å². The lowest BCUT2D eigenvalue weighted by atomic mass is 9.87. The molecule has 1 unspecified atom stereocenters. The summed E-state index contributed by atoms with van der Waals surface area (Å²) in [5, 5.41) is 11.1. The molecule has 0 radical (unpaired) electrons. The van der Waals surface area contributed by atoms with Crippen molar-refractivity contribution >= 4 is 5.91 Å². The highest BCUT2D eigenvalue weighted by molar-refractivity contribution is 5.92. The molecular formula is C17H20N4O2. The molecule has 1 heterocycles. The smallest absolute Gasteiger partial charge is 0.273 e. The Morgan fingerprint density at radius 2 is 2.09 bits per heavy atom. The molecule has 0 bridgehead atoms. The molecule has 23 heavy (non-hydrogen) atoms. The van der Waals surface area contributed by atoms with E-state index in [0.717, 1.165) is 30.7 Å². The zero-order valence-electron chi connectivity index (χ0n) is 13.3. The Kier molecular flexibility index (Phi) is 4.14. The molecule has 6 nitrogen and oxygen atoms in total. The van der Waals surface area contributed by atoms with E-state index in [0.29, 0.717) is 5.69 Å². The van der Waals surface area contributed by atoms with Gasteiger partial charge >= 0.3 is 0 Å². The molecule has 2 aromatic rings. The maximum atomic E-state index is 12.4. The van der Waals surface area contributed by atoms with Gasteiger partial charge in [0.2, 0.25) is 0 Å². The summed E-state index contributed by atoms with van der Waals surface area (Å²) in [4.78, 5) is 12.4. The fourth-order valence-electron chi connectivity index (χ4n) is 2.65. The van der Waals surface area contributed by atoms with Crippen LogP contribution in [-0.2, 0) is 0 Å². The summed E-state index contributed by atoms with van der Waals surface area (Å²) in [5.74, 6) is 0.577. The van der Waals surface area contributed by atoms with Crippen molar-refractivity contribution in [3.05, 3.63) is 48.3 Å². The van der Waals surface area contributed by atoms with E-state index in [4.69, 9.17) is 4.74 Å². The Morgan fingerprint density at radius 1 is 1.30 bits per heavy atom. The highest BCUT2D eigenvalue weighted by atomic mass is 16.5. The zero-order valence-corrected chi connectivity index (χ0v) is 13.3. The van der Waals surface area contributed by atoms with Crippen LogP contribution in [0.1, 0.15) is 36.7 Å². The molecule has 0 saturated heterocycles. The molecule has 0 fully saturated rings. The number of allylic oxidation sites excluding steroid dienone is 1. The quantitative estimate of drug-likeness (QED) is 0.881. The first-order valence-electron chi connectivity index (χ1n) is 7.64. The van der Waals surface area contributed by atoms with Crippen LogP contribution in [0.2, 0.25) is 0 Å². The van der Waals surface area contributed by atoms with Gasteiger partial charge < -0.3 is 10.1 Å². The number of benzene rings is 1. The van der Waals surface area contributed by atoms with Crippen LogP contribution in [0, 0.1) is 0 Å². The lowest BCUT2D eigenvalue weighted by Crippen LogP contribution is -2.46. The number of hydrogen-bond donors (Lipinski definition) is 1. The summed E-state index contributed by atoms with van der Waals surface area (Å²) < 4.78 is 6.71.